The highest BCUT2D eigenvalue weighted by Gasteiger charge is 2.32. The van der Waals surface area contributed by atoms with Gasteiger partial charge >= 0.3 is 11.9 Å². The number of hydrogen-bond acceptors (Lipinski definition) is 4. The van der Waals surface area contributed by atoms with Crippen LogP contribution in [0.1, 0.15) is 171 Å². The van der Waals surface area contributed by atoms with Crippen LogP contribution in [-0.2, 0) is 0 Å². The lowest BCUT2D eigenvalue weighted by Crippen LogP contribution is -2.28. The van der Waals surface area contributed by atoms with Crippen LogP contribution in [0, 0.1) is 0 Å². The van der Waals surface area contributed by atoms with Gasteiger partial charge in [0.2, 0.25) is 0 Å². The van der Waals surface area contributed by atoms with Gasteiger partial charge in [0.05, 0.1) is 16.7 Å². The first-order valence-electron chi connectivity index (χ1n) is 21.1. The molecule has 0 aromatic heterocycles. The summed E-state index contributed by atoms with van der Waals surface area (Å²) in [6.45, 7) is 5.40. The topological polar surface area (TPSA) is 133 Å². The monoisotopic (exact) mass is 1120 g/mol. The van der Waals surface area contributed by atoms with E-state index in [-0.39, 0.29) is 28.3 Å². The van der Waals surface area contributed by atoms with Crippen molar-refractivity contribution < 1.29 is 29.4 Å². The van der Waals surface area contributed by atoms with Crippen molar-refractivity contribution in [1.82, 2.24) is 10.6 Å². The Labute approximate surface area is 388 Å². The van der Waals surface area contributed by atoms with E-state index >= 15 is 0 Å². The Morgan fingerprint density at radius 2 is 0.780 bits per heavy atom. The van der Waals surface area contributed by atoms with Gasteiger partial charge in [-0.05, 0) is 62.9 Å². The molecule has 4 N–H and O–H groups in total. The summed E-state index contributed by atoms with van der Waals surface area (Å²) in [6, 6.07) is 4.56. The molecule has 0 bridgehead atoms. The van der Waals surface area contributed by atoms with Gasteiger partial charge in [0.1, 0.15) is 0 Å². The zero-order chi connectivity index (χ0) is 42.8. The number of rotatable bonds is 24. The predicted molar refractivity (Wildman–Crippen MR) is 259 cm³/mol. The Bertz CT molecular complexity index is 2330. The molecule has 8 nitrogen and oxygen atoms in total. The van der Waals surface area contributed by atoms with E-state index < -0.39 is 11.9 Å². The minimum atomic E-state index is -1.28. The van der Waals surface area contributed by atoms with Crippen molar-refractivity contribution >= 4 is 146 Å². The fourth-order valence-electron chi connectivity index (χ4n) is 8.33. The highest BCUT2D eigenvalue weighted by Crippen LogP contribution is 2.54. The molecule has 0 aliphatic heterocycles. The molecule has 0 radical (unpaired) electrons. The molecule has 0 saturated heterocycles. The molecule has 0 atom stereocenters. The summed E-state index contributed by atoms with van der Waals surface area (Å²) in [5, 5.41) is 30.8. The Balaban J connectivity index is 1.62. The minimum Gasteiger partial charge on any atom is -0.478 e. The van der Waals surface area contributed by atoms with E-state index in [2.05, 4.69) is 104 Å². The molecule has 0 saturated carbocycles. The summed E-state index contributed by atoms with van der Waals surface area (Å²) in [7, 11) is 0. The molecule has 0 spiro atoms. The molecule has 2 amide bonds. The van der Waals surface area contributed by atoms with Crippen molar-refractivity contribution in [2.75, 3.05) is 13.1 Å². The summed E-state index contributed by atoms with van der Waals surface area (Å²) < 4.78 is 2.29. The molecular weight excluding hydrogens is 1080 g/mol. The third-order valence-electron chi connectivity index (χ3n) is 11.3. The standard InChI is InChI=1S/C46H53Br5N2O6/c1-3-5-7-9-11-13-15-17-19-21-52-43(54)26-23-29(47)35-34-30(48)24-27(45(56)57)32-28(46(58)59)25-31(49)36(37(32)34)39-38(35)33(26)40(42(51)41(39)50)44(55)53-22-20-18-16-14-12-10-8-6-4-2/h23-25H,3-22H2,1-2H3,(H,52,54)(H,53,55)(H,56,57)(H,58,59). The number of carbonyl (C=O) groups is 4. The van der Waals surface area contributed by atoms with Crippen molar-refractivity contribution in [3.8, 4) is 0 Å². The number of nitrogens with one attached hydrogen (secondary N) is 2. The predicted octanol–water partition coefficient (Wildman–Crippen LogP) is 15.5. The second kappa shape index (κ2) is 22.7. The Morgan fingerprint density at radius 3 is 1.20 bits per heavy atom. The molecule has 59 heavy (non-hydrogen) atoms. The van der Waals surface area contributed by atoms with Gasteiger partial charge in [0, 0.05) is 84.1 Å². The minimum absolute atomic E-state index is 0.0701. The molecule has 0 unspecified atom stereocenters. The number of benzene rings is 5. The zero-order valence-electron chi connectivity index (χ0n) is 33.8. The lowest BCUT2D eigenvalue weighted by molar-refractivity contribution is 0.0695. The highest BCUT2D eigenvalue weighted by molar-refractivity contribution is 9.13. The molecule has 0 fully saturated rings. The Hall–Kier alpha value is -2.32. The lowest BCUT2D eigenvalue weighted by atomic mass is 9.84. The number of aromatic carboxylic acids is 2. The number of hydrogen-bond donors (Lipinski definition) is 4. The van der Waals surface area contributed by atoms with Crippen molar-refractivity contribution in [2.24, 2.45) is 0 Å². The third-order valence-corrected chi connectivity index (χ3v) is 15.3. The number of unbranched alkanes of at least 4 members (excludes halogenated alkanes) is 16. The fraction of sp³-hybridized carbons (Fsp3) is 0.478. The van der Waals surface area contributed by atoms with Gasteiger partial charge in [-0.2, -0.15) is 0 Å². The van der Waals surface area contributed by atoms with Crippen LogP contribution in [0.15, 0.2) is 40.6 Å². The molecule has 5 aromatic rings. The highest BCUT2D eigenvalue weighted by atomic mass is 79.9. The number of carbonyl (C=O) groups excluding carboxylic acids is 2. The van der Waals surface area contributed by atoms with Gasteiger partial charge in [0.15, 0.2) is 0 Å². The maximum atomic E-state index is 14.5. The summed E-state index contributed by atoms with van der Waals surface area (Å²) in [5.74, 6) is -3.20. The molecule has 0 aliphatic rings. The number of carboxylic acids is 2. The Kier molecular flexibility index (Phi) is 18.3. The van der Waals surface area contributed by atoms with Gasteiger partial charge in [-0.3, -0.25) is 9.59 Å². The molecule has 5 rings (SSSR count). The maximum absolute atomic E-state index is 14.5. The Morgan fingerprint density at radius 1 is 0.424 bits per heavy atom. The van der Waals surface area contributed by atoms with Gasteiger partial charge in [-0.1, -0.05) is 164 Å². The van der Waals surface area contributed by atoms with Crippen LogP contribution in [0.5, 0.6) is 0 Å². The first-order chi connectivity index (χ1) is 28.4. The molecule has 5 aromatic carbocycles. The second-order valence-electron chi connectivity index (χ2n) is 15.5. The summed E-state index contributed by atoms with van der Waals surface area (Å²) >= 11 is 18.7. The van der Waals surface area contributed by atoms with E-state index in [1.54, 1.807) is 6.07 Å². The van der Waals surface area contributed by atoms with Crippen LogP contribution >= 0.6 is 79.6 Å². The van der Waals surface area contributed by atoms with Crippen molar-refractivity contribution in [1.29, 1.82) is 0 Å². The molecule has 13 heteroatoms. The van der Waals surface area contributed by atoms with E-state index in [4.69, 9.17) is 0 Å². The van der Waals surface area contributed by atoms with Crippen molar-refractivity contribution in [3.63, 3.8) is 0 Å². The molecule has 0 heterocycles. The summed E-state index contributed by atoms with van der Waals surface area (Å²) in [6.07, 6.45) is 20.8. The van der Waals surface area contributed by atoms with Gasteiger partial charge < -0.3 is 20.8 Å². The largest absolute Gasteiger partial charge is 0.478 e. The van der Waals surface area contributed by atoms with E-state index in [1.807, 2.05) is 0 Å². The van der Waals surface area contributed by atoms with Crippen LogP contribution < -0.4 is 10.6 Å². The first-order valence-corrected chi connectivity index (χ1v) is 25.0. The molecule has 0 aliphatic carbocycles. The van der Waals surface area contributed by atoms with Crippen molar-refractivity contribution in [2.45, 2.75) is 129 Å². The fourth-order valence-corrected chi connectivity index (χ4v) is 11.4. The quantitative estimate of drug-likeness (QED) is 0.0276. The number of carboxylic acid groups (broad SMARTS) is 2. The summed E-state index contributed by atoms with van der Waals surface area (Å²) in [5.41, 5.74) is 0.260. The molecule has 318 valence electrons. The van der Waals surface area contributed by atoms with Gasteiger partial charge in [0.25, 0.3) is 11.8 Å². The van der Waals surface area contributed by atoms with E-state index in [9.17, 15) is 29.4 Å². The average molecular weight is 1130 g/mol. The average Bonchev–Trinajstić information content (AvgIpc) is 3.20. The summed E-state index contributed by atoms with van der Waals surface area (Å²) in [4.78, 5) is 54.2. The molecular formula is C46H53Br5N2O6. The van der Waals surface area contributed by atoms with E-state index in [0.717, 1.165) is 38.5 Å². The second-order valence-corrected chi connectivity index (χ2v) is 19.6. The number of amides is 2. The van der Waals surface area contributed by atoms with E-state index in [0.29, 0.717) is 84.3 Å². The smallest absolute Gasteiger partial charge is 0.336 e. The van der Waals surface area contributed by atoms with Crippen molar-refractivity contribution in [3.05, 3.63) is 62.8 Å². The zero-order valence-corrected chi connectivity index (χ0v) is 41.7. The maximum Gasteiger partial charge on any atom is 0.336 e. The van der Waals surface area contributed by atoms with Crippen LogP contribution in [0.25, 0.3) is 43.1 Å². The van der Waals surface area contributed by atoms with E-state index in [1.165, 1.54) is 89.2 Å². The number of halogens is 5. The van der Waals surface area contributed by atoms with Crippen LogP contribution in [0.3, 0.4) is 0 Å². The third kappa shape index (κ3) is 10.8. The van der Waals surface area contributed by atoms with Crippen LogP contribution in [0.4, 0.5) is 0 Å². The normalized spacial score (nSPS) is 11.7. The van der Waals surface area contributed by atoms with Crippen LogP contribution in [0.2, 0.25) is 0 Å². The number of fused-ring (bicyclic) bond motifs is 2. The first kappa shape index (κ1) is 47.7. The van der Waals surface area contributed by atoms with Gasteiger partial charge in [-0.15, -0.1) is 0 Å². The SMILES string of the molecule is CCCCCCCCCCCNC(=O)c1cc(Br)c2c3c(Br)cc(C(=O)O)c4c(C(=O)O)cc(Br)c(c5c(Br)c(Br)c(C(=O)NCCCCCCCCCCC)c1c25)c43. The van der Waals surface area contributed by atoms with Crippen LogP contribution in [-0.4, -0.2) is 47.1 Å². The van der Waals surface area contributed by atoms with Gasteiger partial charge in [-0.25, -0.2) is 9.59 Å². The lowest BCUT2D eigenvalue weighted by Gasteiger charge is -2.24.